The number of aryl methyl sites for hydroxylation is 1. The topological polar surface area (TPSA) is 84.7 Å². The molecule has 7 nitrogen and oxygen atoms in total. The van der Waals surface area contributed by atoms with Gasteiger partial charge in [-0.3, -0.25) is 9.36 Å². The van der Waals surface area contributed by atoms with Gasteiger partial charge in [0.1, 0.15) is 24.3 Å². The number of rotatable bonds is 7. The van der Waals surface area contributed by atoms with E-state index in [1.54, 1.807) is 6.33 Å². The summed E-state index contributed by atoms with van der Waals surface area (Å²) in [6.45, 7) is 7.14. The lowest BCUT2D eigenvalue weighted by Gasteiger charge is -2.09. The molecule has 0 radical (unpaired) electrons. The fourth-order valence-corrected chi connectivity index (χ4v) is 2.01. The smallest absolute Gasteiger partial charge is 0.220 e. The molecule has 2 aromatic rings. The first kappa shape index (κ1) is 15.9. The summed E-state index contributed by atoms with van der Waals surface area (Å²) in [6, 6.07) is 1.86. The fourth-order valence-electron chi connectivity index (χ4n) is 2.01. The minimum absolute atomic E-state index is 0.0807. The van der Waals surface area contributed by atoms with E-state index in [0.717, 1.165) is 29.4 Å². The van der Waals surface area contributed by atoms with Gasteiger partial charge in [0.25, 0.3) is 0 Å². The van der Waals surface area contributed by atoms with Crippen molar-refractivity contribution < 1.29 is 4.79 Å². The summed E-state index contributed by atoms with van der Waals surface area (Å²) in [5.74, 6) is 1.57. The molecule has 0 aliphatic heterocycles. The van der Waals surface area contributed by atoms with Gasteiger partial charge in [-0.15, -0.1) is 0 Å². The van der Waals surface area contributed by atoms with Crippen molar-refractivity contribution in [3.8, 4) is 5.82 Å². The Kier molecular flexibility index (Phi) is 5.46. The van der Waals surface area contributed by atoms with E-state index in [-0.39, 0.29) is 5.91 Å². The maximum atomic E-state index is 11.4. The Morgan fingerprint density at radius 2 is 2.05 bits per heavy atom. The Hall–Kier alpha value is -2.44. The molecule has 0 saturated carbocycles. The third-order valence-corrected chi connectivity index (χ3v) is 3.38. The van der Waals surface area contributed by atoms with E-state index in [2.05, 4.69) is 25.6 Å². The molecule has 2 N–H and O–H groups in total. The quantitative estimate of drug-likeness (QED) is 0.759. The number of hydrogen-bond donors (Lipinski definition) is 2. The van der Waals surface area contributed by atoms with Gasteiger partial charge in [0.05, 0.1) is 5.69 Å². The Bertz CT molecular complexity index is 637. The number of imidazole rings is 1. The van der Waals surface area contributed by atoms with Crippen molar-refractivity contribution in [2.45, 2.75) is 33.6 Å². The third kappa shape index (κ3) is 4.03. The first-order valence-corrected chi connectivity index (χ1v) is 7.45. The molecular weight excluding hydrogens is 280 g/mol. The molecule has 0 unspecified atom stereocenters. The fraction of sp³-hybridized carbons (Fsp3) is 0.467. The zero-order chi connectivity index (χ0) is 15.9. The summed E-state index contributed by atoms with van der Waals surface area (Å²) in [6.07, 6.45) is 4.69. The molecule has 22 heavy (non-hydrogen) atoms. The van der Waals surface area contributed by atoms with Gasteiger partial charge in [0, 0.05) is 31.3 Å². The lowest BCUT2D eigenvalue weighted by molar-refractivity contribution is -0.121. The average molecular weight is 302 g/mol. The normalized spacial score (nSPS) is 10.5. The highest BCUT2D eigenvalue weighted by atomic mass is 16.1. The van der Waals surface area contributed by atoms with Crippen LogP contribution in [0, 0.1) is 13.8 Å². The second kappa shape index (κ2) is 7.53. The summed E-state index contributed by atoms with van der Waals surface area (Å²) >= 11 is 0. The number of carbonyl (C=O) groups excluding carboxylic acids is 1. The van der Waals surface area contributed by atoms with E-state index in [4.69, 9.17) is 0 Å². The van der Waals surface area contributed by atoms with E-state index >= 15 is 0 Å². The van der Waals surface area contributed by atoms with Crippen LogP contribution in [0.2, 0.25) is 0 Å². The van der Waals surface area contributed by atoms with Crippen LogP contribution in [-0.4, -0.2) is 38.5 Å². The van der Waals surface area contributed by atoms with Gasteiger partial charge >= 0.3 is 0 Å². The Morgan fingerprint density at radius 1 is 1.23 bits per heavy atom. The van der Waals surface area contributed by atoms with Gasteiger partial charge in [0.15, 0.2) is 0 Å². The molecule has 2 aromatic heterocycles. The summed E-state index contributed by atoms with van der Waals surface area (Å²) < 4.78 is 1.92. The highest BCUT2D eigenvalue weighted by Crippen LogP contribution is 2.13. The van der Waals surface area contributed by atoms with Crippen molar-refractivity contribution in [1.29, 1.82) is 0 Å². The Labute approximate surface area is 130 Å². The van der Waals surface area contributed by atoms with Crippen molar-refractivity contribution in [3.63, 3.8) is 0 Å². The minimum Gasteiger partial charge on any atom is -0.368 e. The van der Waals surface area contributed by atoms with Crippen LogP contribution >= 0.6 is 0 Å². The maximum absolute atomic E-state index is 11.4. The van der Waals surface area contributed by atoms with E-state index in [1.165, 1.54) is 6.33 Å². The summed E-state index contributed by atoms with van der Waals surface area (Å²) in [4.78, 5) is 24.1. The molecule has 0 aliphatic rings. The SMILES string of the molecule is CCCC(=O)NCCNc1cc(-n2cnc(C)c2C)ncn1. The predicted octanol–water partition coefficient (Wildman–Crippen LogP) is 1.61. The molecular formula is C15H22N6O. The molecule has 0 spiro atoms. The Morgan fingerprint density at radius 3 is 2.73 bits per heavy atom. The molecule has 0 atom stereocenters. The first-order chi connectivity index (χ1) is 10.6. The number of aromatic nitrogens is 4. The summed E-state index contributed by atoms with van der Waals surface area (Å²) in [5, 5.41) is 6.03. The minimum atomic E-state index is 0.0807. The van der Waals surface area contributed by atoms with Crippen LogP contribution in [0.1, 0.15) is 31.2 Å². The number of amides is 1. The number of hydrogen-bond acceptors (Lipinski definition) is 5. The average Bonchev–Trinajstić information content (AvgIpc) is 2.84. The highest BCUT2D eigenvalue weighted by Gasteiger charge is 2.06. The molecule has 0 saturated heterocycles. The number of nitrogens with zero attached hydrogens (tertiary/aromatic N) is 4. The maximum Gasteiger partial charge on any atom is 0.220 e. The van der Waals surface area contributed by atoms with Crippen LogP contribution in [0.25, 0.3) is 5.82 Å². The van der Waals surface area contributed by atoms with Gasteiger partial charge in [0.2, 0.25) is 5.91 Å². The molecule has 118 valence electrons. The second-order valence-electron chi connectivity index (χ2n) is 5.07. The van der Waals surface area contributed by atoms with Crippen LogP contribution in [0.4, 0.5) is 5.82 Å². The van der Waals surface area contributed by atoms with Gasteiger partial charge < -0.3 is 10.6 Å². The van der Waals surface area contributed by atoms with Crippen molar-refractivity contribution in [3.05, 3.63) is 30.1 Å². The zero-order valence-electron chi connectivity index (χ0n) is 13.3. The van der Waals surface area contributed by atoms with Crippen molar-refractivity contribution in [2.24, 2.45) is 0 Å². The van der Waals surface area contributed by atoms with E-state index in [1.807, 2.05) is 31.4 Å². The van der Waals surface area contributed by atoms with Crippen LogP contribution in [-0.2, 0) is 4.79 Å². The second-order valence-corrected chi connectivity index (χ2v) is 5.07. The Balaban J connectivity index is 1.92. The number of carbonyl (C=O) groups is 1. The number of nitrogens with one attached hydrogen (secondary N) is 2. The molecule has 2 rings (SSSR count). The van der Waals surface area contributed by atoms with Crippen LogP contribution in [0.5, 0.6) is 0 Å². The lowest BCUT2D eigenvalue weighted by Crippen LogP contribution is -2.28. The van der Waals surface area contributed by atoms with Crippen LogP contribution in [0.3, 0.4) is 0 Å². The highest BCUT2D eigenvalue weighted by molar-refractivity contribution is 5.75. The van der Waals surface area contributed by atoms with E-state index in [0.29, 0.717) is 19.5 Å². The zero-order valence-corrected chi connectivity index (χ0v) is 13.3. The molecule has 0 bridgehead atoms. The van der Waals surface area contributed by atoms with Crippen molar-refractivity contribution >= 4 is 11.7 Å². The van der Waals surface area contributed by atoms with Crippen molar-refractivity contribution in [1.82, 2.24) is 24.8 Å². The van der Waals surface area contributed by atoms with Crippen LogP contribution < -0.4 is 10.6 Å². The van der Waals surface area contributed by atoms with Gasteiger partial charge in [-0.05, 0) is 20.3 Å². The van der Waals surface area contributed by atoms with E-state index in [9.17, 15) is 4.79 Å². The van der Waals surface area contributed by atoms with Crippen molar-refractivity contribution in [2.75, 3.05) is 18.4 Å². The molecule has 0 aliphatic carbocycles. The first-order valence-electron chi connectivity index (χ1n) is 7.45. The van der Waals surface area contributed by atoms with E-state index < -0.39 is 0 Å². The summed E-state index contributed by atoms with van der Waals surface area (Å²) in [7, 11) is 0. The molecule has 7 heteroatoms. The molecule has 2 heterocycles. The largest absolute Gasteiger partial charge is 0.368 e. The van der Waals surface area contributed by atoms with Gasteiger partial charge in [-0.25, -0.2) is 15.0 Å². The summed E-state index contributed by atoms with van der Waals surface area (Å²) in [5.41, 5.74) is 2.03. The molecule has 1 amide bonds. The predicted molar refractivity (Wildman–Crippen MR) is 85.0 cm³/mol. The lowest BCUT2D eigenvalue weighted by atomic mass is 10.3. The third-order valence-electron chi connectivity index (χ3n) is 3.38. The van der Waals surface area contributed by atoms with Crippen LogP contribution in [0.15, 0.2) is 18.7 Å². The standard InChI is InChI=1S/C15H22N6O/c1-4-5-15(22)17-7-6-16-13-8-14(19-9-18-13)21-10-20-11(2)12(21)3/h8-10H,4-7H2,1-3H3,(H,17,22)(H,16,18,19). The number of anilines is 1. The van der Waals surface area contributed by atoms with Gasteiger partial charge in [-0.1, -0.05) is 6.92 Å². The van der Waals surface area contributed by atoms with Gasteiger partial charge in [-0.2, -0.15) is 0 Å². The molecule has 0 aromatic carbocycles. The molecule has 0 fully saturated rings. The monoisotopic (exact) mass is 302 g/mol.